The number of hydrogen-bond acceptors (Lipinski definition) is 4. The molecule has 0 saturated carbocycles. The molecule has 1 atom stereocenters. The van der Waals surface area contributed by atoms with E-state index in [1.54, 1.807) is 0 Å². The second kappa shape index (κ2) is 9.94. The zero-order valence-corrected chi connectivity index (χ0v) is 15.8. The molecule has 6 heteroatoms. The van der Waals surface area contributed by atoms with Gasteiger partial charge >= 0.3 is 0 Å². The van der Waals surface area contributed by atoms with Crippen LogP contribution >= 0.6 is 0 Å². The molecule has 2 aromatic carbocycles. The SMILES string of the molecule is C[NH+](CCOc1ccccc1)CC(=O)Nc1ccc(N2CCOCC2)cc1. The third kappa shape index (κ3) is 6.27. The standard InChI is InChI=1S/C21H27N3O3/c1-23(11-16-27-20-5-3-2-4-6-20)17-21(25)22-18-7-9-19(10-8-18)24-12-14-26-15-13-24/h2-10H,11-17H2,1H3,(H,22,25)/p+1. The number of hydrogen-bond donors (Lipinski definition) is 2. The number of amides is 1. The van der Waals surface area contributed by atoms with Crippen molar-refractivity contribution in [3.05, 3.63) is 54.6 Å². The van der Waals surface area contributed by atoms with Crippen LogP contribution in [-0.4, -0.2) is 59.0 Å². The van der Waals surface area contributed by atoms with Crippen molar-refractivity contribution >= 4 is 17.3 Å². The van der Waals surface area contributed by atoms with Crippen molar-refractivity contribution in [3.8, 4) is 5.75 Å². The van der Waals surface area contributed by atoms with E-state index >= 15 is 0 Å². The van der Waals surface area contributed by atoms with Crippen LogP contribution in [0.4, 0.5) is 11.4 Å². The Labute approximate surface area is 160 Å². The molecule has 0 aliphatic carbocycles. The minimum absolute atomic E-state index is 0.00586. The number of benzene rings is 2. The Balaban J connectivity index is 1.39. The summed E-state index contributed by atoms with van der Waals surface area (Å²) in [7, 11) is 2.00. The summed E-state index contributed by atoms with van der Waals surface area (Å²) in [5.74, 6) is 0.862. The molecule has 1 aliphatic heterocycles. The highest BCUT2D eigenvalue weighted by atomic mass is 16.5. The summed E-state index contributed by atoms with van der Waals surface area (Å²) in [6.07, 6.45) is 0. The van der Waals surface area contributed by atoms with Crippen molar-refractivity contribution in [3.63, 3.8) is 0 Å². The fourth-order valence-electron chi connectivity index (χ4n) is 3.00. The van der Waals surface area contributed by atoms with Crippen LogP contribution in [0.3, 0.4) is 0 Å². The second-order valence-corrected chi connectivity index (χ2v) is 6.74. The van der Waals surface area contributed by atoms with Gasteiger partial charge in [-0.05, 0) is 36.4 Å². The molecule has 1 saturated heterocycles. The highest BCUT2D eigenvalue weighted by molar-refractivity contribution is 5.91. The van der Waals surface area contributed by atoms with Crippen molar-refractivity contribution < 1.29 is 19.2 Å². The van der Waals surface area contributed by atoms with Crippen LogP contribution in [0.25, 0.3) is 0 Å². The van der Waals surface area contributed by atoms with Gasteiger partial charge in [-0.1, -0.05) is 18.2 Å². The van der Waals surface area contributed by atoms with Gasteiger partial charge in [0, 0.05) is 24.5 Å². The Kier molecular flexibility index (Phi) is 7.07. The monoisotopic (exact) mass is 370 g/mol. The quantitative estimate of drug-likeness (QED) is 0.730. The Morgan fingerprint density at radius 3 is 2.52 bits per heavy atom. The molecule has 2 N–H and O–H groups in total. The van der Waals surface area contributed by atoms with E-state index in [-0.39, 0.29) is 5.91 Å². The number of nitrogens with zero attached hydrogens (tertiary/aromatic N) is 1. The summed E-state index contributed by atoms with van der Waals surface area (Å²) in [4.78, 5) is 15.6. The molecule has 1 fully saturated rings. The first kappa shape index (κ1) is 19.2. The van der Waals surface area contributed by atoms with Crippen LogP contribution in [0.2, 0.25) is 0 Å². The Morgan fingerprint density at radius 2 is 1.81 bits per heavy atom. The summed E-state index contributed by atoms with van der Waals surface area (Å²) < 4.78 is 11.1. The molecule has 1 aliphatic rings. The number of carbonyl (C=O) groups is 1. The minimum atomic E-state index is 0.00586. The summed E-state index contributed by atoms with van der Waals surface area (Å²) in [5, 5.41) is 2.97. The Morgan fingerprint density at radius 1 is 1.11 bits per heavy atom. The van der Waals surface area contributed by atoms with Crippen LogP contribution in [0.5, 0.6) is 5.75 Å². The third-order valence-corrected chi connectivity index (χ3v) is 4.53. The maximum absolute atomic E-state index is 12.2. The van der Waals surface area contributed by atoms with E-state index < -0.39 is 0 Å². The van der Waals surface area contributed by atoms with Gasteiger partial charge in [0.05, 0.1) is 20.3 Å². The van der Waals surface area contributed by atoms with Crippen molar-refractivity contribution in [1.82, 2.24) is 0 Å². The Bertz CT molecular complexity index is 700. The number of nitrogens with one attached hydrogen (secondary N) is 2. The lowest BCUT2D eigenvalue weighted by Crippen LogP contribution is -3.10. The van der Waals surface area contributed by atoms with Gasteiger partial charge in [0.15, 0.2) is 6.54 Å². The predicted molar refractivity (Wildman–Crippen MR) is 107 cm³/mol. The first-order valence-electron chi connectivity index (χ1n) is 9.42. The van der Waals surface area contributed by atoms with E-state index in [4.69, 9.17) is 9.47 Å². The van der Waals surface area contributed by atoms with Crippen LogP contribution < -0.4 is 19.9 Å². The first-order chi connectivity index (χ1) is 13.2. The summed E-state index contributed by atoms with van der Waals surface area (Å²) in [6.45, 7) is 5.10. The lowest BCUT2D eigenvalue weighted by Gasteiger charge is -2.28. The van der Waals surface area contributed by atoms with Crippen molar-refractivity contribution in [1.29, 1.82) is 0 Å². The number of morpholine rings is 1. The zero-order chi connectivity index (χ0) is 18.9. The highest BCUT2D eigenvalue weighted by Gasteiger charge is 2.13. The van der Waals surface area contributed by atoms with Gasteiger partial charge in [0.2, 0.25) is 0 Å². The maximum Gasteiger partial charge on any atom is 0.279 e. The maximum atomic E-state index is 12.2. The molecule has 0 spiro atoms. The predicted octanol–water partition coefficient (Wildman–Crippen LogP) is 1.06. The topological polar surface area (TPSA) is 55.2 Å². The number of para-hydroxylation sites is 1. The fraction of sp³-hybridized carbons (Fsp3) is 0.381. The van der Waals surface area contributed by atoms with E-state index in [0.29, 0.717) is 13.2 Å². The summed E-state index contributed by atoms with van der Waals surface area (Å²) in [6, 6.07) is 17.7. The lowest BCUT2D eigenvalue weighted by molar-refractivity contribution is -0.871. The normalized spacial score (nSPS) is 15.2. The summed E-state index contributed by atoms with van der Waals surface area (Å²) >= 11 is 0. The molecule has 6 nitrogen and oxygen atoms in total. The fourth-order valence-corrected chi connectivity index (χ4v) is 3.00. The van der Waals surface area contributed by atoms with Crippen LogP contribution in [-0.2, 0) is 9.53 Å². The van der Waals surface area contributed by atoms with E-state index in [1.165, 1.54) is 0 Å². The molecule has 0 aromatic heterocycles. The highest BCUT2D eigenvalue weighted by Crippen LogP contribution is 2.18. The largest absolute Gasteiger partial charge is 0.488 e. The first-order valence-corrected chi connectivity index (χ1v) is 9.42. The number of ether oxygens (including phenoxy) is 2. The molecule has 2 aromatic rings. The van der Waals surface area contributed by atoms with Gasteiger partial charge in [0.1, 0.15) is 18.9 Å². The molecular formula is C21H28N3O3+. The molecule has 1 amide bonds. The van der Waals surface area contributed by atoms with Crippen LogP contribution in [0, 0.1) is 0 Å². The van der Waals surface area contributed by atoms with Crippen LogP contribution in [0.15, 0.2) is 54.6 Å². The van der Waals surface area contributed by atoms with Gasteiger partial charge < -0.3 is 24.6 Å². The molecule has 27 heavy (non-hydrogen) atoms. The molecule has 0 radical (unpaired) electrons. The van der Waals surface area contributed by atoms with Gasteiger partial charge in [-0.3, -0.25) is 4.79 Å². The summed E-state index contributed by atoms with van der Waals surface area (Å²) in [5.41, 5.74) is 1.99. The zero-order valence-electron chi connectivity index (χ0n) is 15.8. The smallest absolute Gasteiger partial charge is 0.279 e. The van der Waals surface area contributed by atoms with Gasteiger partial charge in [-0.25, -0.2) is 0 Å². The molecule has 3 rings (SSSR count). The molecule has 144 valence electrons. The number of likely N-dealkylation sites (N-methyl/N-ethyl adjacent to an activating group) is 1. The van der Waals surface area contributed by atoms with Gasteiger partial charge in [-0.2, -0.15) is 0 Å². The average molecular weight is 370 g/mol. The van der Waals surface area contributed by atoms with E-state index in [1.807, 2.05) is 61.6 Å². The molecule has 1 unspecified atom stereocenters. The third-order valence-electron chi connectivity index (χ3n) is 4.53. The van der Waals surface area contributed by atoms with E-state index in [9.17, 15) is 4.79 Å². The van der Waals surface area contributed by atoms with Crippen molar-refractivity contribution in [2.24, 2.45) is 0 Å². The number of rotatable bonds is 8. The average Bonchev–Trinajstić information content (AvgIpc) is 2.70. The number of carbonyl (C=O) groups excluding carboxylic acids is 1. The van der Waals surface area contributed by atoms with Crippen molar-refractivity contribution in [2.45, 2.75) is 0 Å². The Hall–Kier alpha value is -2.57. The van der Waals surface area contributed by atoms with E-state index in [0.717, 1.165) is 54.9 Å². The van der Waals surface area contributed by atoms with Gasteiger partial charge in [-0.15, -0.1) is 0 Å². The molecule has 1 heterocycles. The number of anilines is 2. The molecular weight excluding hydrogens is 342 g/mol. The van der Waals surface area contributed by atoms with Gasteiger partial charge in [0.25, 0.3) is 5.91 Å². The number of quaternary nitrogens is 1. The minimum Gasteiger partial charge on any atom is -0.488 e. The lowest BCUT2D eigenvalue weighted by atomic mass is 10.2. The van der Waals surface area contributed by atoms with Crippen molar-refractivity contribution in [2.75, 3.05) is 63.3 Å². The molecule has 0 bridgehead atoms. The van der Waals surface area contributed by atoms with Crippen LogP contribution in [0.1, 0.15) is 0 Å². The van der Waals surface area contributed by atoms with E-state index in [2.05, 4.69) is 10.2 Å². The second-order valence-electron chi connectivity index (χ2n) is 6.74.